The minimum atomic E-state index is -0.702. The first-order valence-electron chi connectivity index (χ1n) is 7.27. The zero-order chi connectivity index (χ0) is 17.3. The van der Waals surface area contributed by atoms with Crippen LogP contribution in [0, 0.1) is 39.9 Å². The second kappa shape index (κ2) is 14.7. The highest BCUT2D eigenvalue weighted by atomic mass is 16.5. The Labute approximate surface area is 136 Å². The van der Waals surface area contributed by atoms with Crippen LogP contribution in [0.5, 0.6) is 0 Å². The molecule has 0 saturated carbocycles. The van der Waals surface area contributed by atoms with Gasteiger partial charge in [-0.05, 0) is 0 Å². The van der Waals surface area contributed by atoms with Crippen LogP contribution in [0.1, 0.15) is 19.8 Å². The normalized spacial score (nSPS) is 11.3. The summed E-state index contributed by atoms with van der Waals surface area (Å²) in [5.41, 5.74) is 0. The number of amides is 1. The molecule has 8 heteroatoms. The van der Waals surface area contributed by atoms with Crippen molar-refractivity contribution < 1.29 is 19.0 Å². The van der Waals surface area contributed by atoms with Crippen LogP contribution in [-0.2, 0) is 19.0 Å². The maximum Gasteiger partial charge on any atom is 0.217 e. The van der Waals surface area contributed by atoms with Gasteiger partial charge in [-0.25, -0.2) is 0 Å². The Hall–Kier alpha value is -2.18. The molecule has 0 radical (unpaired) electrons. The van der Waals surface area contributed by atoms with E-state index in [1.807, 2.05) is 18.2 Å². The van der Waals surface area contributed by atoms with Crippen LogP contribution in [-0.4, -0.2) is 51.6 Å². The van der Waals surface area contributed by atoms with Crippen molar-refractivity contribution in [1.82, 2.24) is 5.32 Å². The second-order valence-electron chi connectivity index (χ2n) is 4.75. The Morgan fingerprint density at radius 2 is 1.48 bits per heavy atom. The van der Waals surface area contributed by atoms with Crippen LogP contribution in [0.4, 0.5) is 0 Å². The van der Waals surface area contributed by atoms with Crippen LogP contribution in [0.15, 0.2) is 0 Å². The molecule has 0 bridgehead atoms. The molecule has 0 heterocycles. The molecule has 0 aliphatic rings. The van der Waals surface area contributed by atoms with E-state index in [4.69, 9.17) is 30.0 Å². The Morgan fingerprint density at radius 1 is 0.957 bits per heavy atom. The van der Waals surface area contributed by atoms with Crippen molar-refractivity contribution >= 4 is 5.91 Å². The second-order valence-corrected chi connectivity index (χ2v) is 4.75. The fourth-order valence-electron chi connectivity index (χ4n) is 1.59. The fourth-order valence-corrected chi connectivity index (χ4v) is 1.59. The van der Waals surface area contributed by atoms with Crippen molar-refractivity contribution in [3.05, 3.63) is 0 Å². The third-order valence-electron chi connectivity index (χ3n) is 2.59. The van der Waals surface area contributed by atoms with E-state index in [-0.39, 0.29) is 25.0 Å². The van der Waals surface area contributed by atoms with Gasteiger partial charge in [0.05, 0.1) is 70.7 Å². The Balaban J connectivity index is 4.11. The third-order valence-corrected chi connectivity index (χ3v) is 2.59. The molecule has 8 nitrogen and oxygen atoms in total. The van der Waals surface area contributed by atoms with Gasteiger partial charge in [-0.3, -0.25) is 4.79 Å². The quantitative estimate of drug-likeness (QED) is 0.489. The molecule has 0 rings (SSSR count). The lowest BCUT2D eigenvalue weighted by molar-refractivity contribution is -0.119. The van der Waals surface area contributed by atoms with Crippen LogP contribution in [0.25, 0.3) is 0 Å². The predicted molar refractivity (Wildman–Crippen MR) is 79.6 cm³/mol. The van der Waals surface area contributed by atoms with E-state index in [1.165, 1.54) is 6.92 Å². The van der Waals surface area contributed by atoms with Gasteiger partial charge in [0.2, 0.25) is 5.91 Å². The van der Waals surface area contributed by atoms with Gasteiger partial charge in [0.25, 0.3) is 0 Å². The summed E-state index contributed by atoms with van der Waals surface area (Å²) in [5.74, 6) is -0.375. The van der Waals surface area contributed by atoms with Crippen molar-refractivity contribution in [3.63, 3.8) is 0 Å². The lowest BCUT2D eigenvalue weighted by Crippen LogP contribution is -2.36. The van der Waals surface area contributed by atoms with Crippen LogP contribution >= 0.6 is 0 Å². The van der Waals surface area contributed by atoms with Gasteiger partial charge in [0, 0.05) is 12.8 Å². The van der Waals surface area contributed by atoms with Crippen molar-refractivity contribution in [2.24, 2.45) is 5.92 Å². The molecule has 126 valence electrons. The van der Waals surface area contributed by atoms with Gasteiger partial charge in [0.1, 0.15) is 6.04 Å². The monoisotopic (exact) mass is 322 g/mol. The molecular formula is C15H22N4O4. The van der Waals surface area contributed by atoms with Crippen molar-refractivity contribution in [2.75, 3.05) is 39.6 Å². The first-order valence-corrected chi connectivity index (χ1v) is 7.27. The third kappa shape index (κ3) is 13.2. The van der Waals surface area contributed by atoms with E-state index in [0.29, 0.717) is 39.3 Å². The molecule has 1 amide bonds. The zero-order valence-electron chi connectivity index (χ0n) is 13.3. The highest BCUT2D eigenvalue weighted by Gasteiger charge is 2.13. The largest absolute Gasteiger partial charge is 0.380 e. The molecule has 0 saturated heterocycles. The van der Waals surface area contributed by atoms with Crippen molar-refractivity contribution in [3.8, 4) is 18.2 Å². The number of rotatable bonds is 13. The van der Waals surface area contributed by atoms with Gasteiger partial charge in [-0.1, -0.05) is 0 Å². The summed E-state index contributed by atoms with van der Waals surface area (Å²) in [6.07, 6.45) is 0.615. The summed E-state index contributed by atoms with van der Waals surface area (Å²) in [6.45, 7) is 3.06. The van der Waals surface area contributed by atoms with Gasteiger partial charge in [-0.2, -0.15) is 15.8 Å². The molecule has 1 unspecified atom stereocenters. The molecule has 0 aliphatic carbocycles. The predicted octanol–water partition coefficient (Wildman–Crippen LogP) is 0.508. The molecule has 0 spiro atoms. The SMILES string of the molecule is CC(=O)NC(C#N)COCC(COCCC#N)COCCC#N. The van der Waals surface area contributed by atoms with E-state index in [2.05, 4.69) is 5.32 Å². The summed E-state index contributed by atoms with van der Waals surface area (Å²) < 4.78 is 16.2. The fraction of sp³-hybridized carbons (Fsp3) is 0.733. The van der Waals surface area contributed by atoms with E-state index in [9.17, 15) is 4.79 Å². The number of nitrogens with zero attached hydrogens (tertiary/aromatic N) is 3. The average Bonchev–Trinajstić information content (AvgIpc) is 2.53. The number of hydrogen-bond donors (Lipinski definition) is 1. The topological polar surface area (TPSA) is 128 Å². The average molecular weight is 322 g/mol. The number of carbonyl (C=O) groups excluding carboxylic acids is 1. The summed E-state index contributed by atoms with van der Waals surface area (Å²) >= 11 is 0. The van der Waals surface area contributed by atoms with Crippen LogP contribution < -0.4 is 5.32 Å². The number of carbonyl (C=O) groups is 1. The molecule has 0 fully saturated rings. The molecule has 1 N–H and O–H groups in total. The standard InChI is InChI=1S/C15H22N4O4/c1-13(20)19-15(8-18)12-23-11-14(9-21-6-2-4-16)10-22-7-3-5-17/h14-15H,2-3,6-7,9-12H2,1H3,(H,19,20). The zero-order valence-corrected chi connectivity index (χ0v) is 13.3. The molecule has 0 aromatic rings. The lowest BCUT2D eigenvalue weighted by Gasteiger charge is -2.18. The summed E-state index contributed by atoms with van der Waals surface area (Å²) in [6, 6.07) is 5.20. The Morgan fingerprint density at radius 3 is 1.91 bits per heavy atom. The van der Waals surface area contributed by atoms with Crippen LogP contribution in [0.2, 0.25) is 0 Å². The van der Waals surface area contributed by atoms with Gasteiger partial charge >= 0.3 is 0 Å². The van der Waals surface area contributed by atoms with Crippen molar-refractivity contribution in [2.45, 2.75) is 25.8 Å². The van der Waals surface area contributed by atoms with Gasteiger partial charge in [0.15, 0.2) is 0 Å². The minimum absolute atomic E-state index is 0.0724. The van der Waals surface area contributed by atoms with E-state index in [0.717, 1.165) is 0 Å². The summed E-state index contributed by atoms with van der Waals surface area (Å²) in [7, 11) is 0. The summed E-state index contributed by atoms with van der Waals surface area (Å²) in [4.78, 5) is 10.9. The van der Waals surface area contributed by atoms with Gasteiger partial charge < -0.3 is 19.5 Å². The Kier molecular flexibility index (Phi) is 13.3. The lowest BCUT2D eigenvalue weighted by atomic mass is 10.2. The highest BCUT2D eigenvalue weighted by molar-refractivity contribution is 5.73. The number of nitriles is 3. The maximum atomic E-state index is 10.9. The highest BCUT2D eigenvalue weighted by Crippen LogP contribution is 2.02. The number of ether oxygens (including phenoxy) is 3. The number of hydrogen-bond acceptors (Lipinski definition) is 7. The van der Waals surface area contributed by atoms with E-state index >= 15 is 0 Å². The number of nitrogens with one attached hydrogen (secondary N) is 1. The smallest absolute Gasteiger partial charge is 0.217 e. The molecular weight excluding hydrogens is 300 g/mol. The van der Waals surface area contributed by atoms with Crippen molar-refractivity contribution in [1.29, 1.82) is 15.8 Å². The molecule has 23 heavy (non-hydrogen) atoms. The molecule has 0 aromatic carbocycles. The summed E-state index contributed by atoms with van der Waals surface area (Å²) in [5, 5.41) is 28.3. The Bertz CT molecular complexity index is 428. The first-order chi connectivity index (χ1) is 11.1. The van der Waals surface area contributed by atoms with E-state index in [1.54, 1.807) is 0 Å². The van der Waals surface area contributed by atoms with Gasteiger partial charge in [-0.15, -0.1) is 0 Å². The van der Waals surface area contributed by atoms with Crippen LogP contribution in [0.3, 0.4) is 0 Å². The minimum Gasteiger partial charge on any atom is -0.380 e. The molecule has 0 aromatic heterocycles. The van der Waals surface area contributed by atoms with E-state index < -0.39 is 6.04 Å². The molecule has 1 atom stereocenters. The molecule has 0 aliphatic heterocycles. The first kappa shape index (κ1) is 20.8. The maximum absolute atomic E-state index is 10.9.